The molecule has 2 N–H and O–H groups in total. The number of hydrogen-bond donors (Lipinski definition) is 1. The average molecular weight is 398 g/mol. The van der Waals surface area contributed by atoms with Gasteiger partial charge in [-0.1, -0.05) is 12.1 Å². The molecular formula is C20H16F2N4O3. The summed E-state index contributed by atoms with van der Waals surface area (Å²) in [7, 11) is 0. The third-order valence-electron chi connectivity index (χ3n) is 4.63. The van der Waals surface area contributed by atoms with Gasteiger partial charge in [0.15, 0.2) is 17.4 Å². The van der Waals surface area contributed by atoms with Crippen molar-refractivity contribution in [2.75, 3.05) is 5.73 Å². The number of nitrogen functional groups attached to an aromatic ring is 1. The first-order valence-electron chi connectivity index (χ1n) is 8.74. The number of carbonyl (C=O) groups excluding carboxylic acids is 1. The zero-order chi connectivity index (χ0) is 20.5. The molecule has 0 saturated carbocycles. The molecule has 4 rings (SSSR count). The van der Waals surface area contributed by atoms with Crippen molar-refractivity contribution in [3.8, 4) is 17.4 Å². The second-order valence-corrected chi connectivity index (χ2v) is 6.48. The van der Waals surface area contributed by atoms with Crippen molar-refractivity contribution in [3.05, 3.63) is 71.4 Å². The van der Waals surface area contributed by atoms with E-state index in [1.807, 2.05) is 0 Å². The van der Waals surface area contributed by atoms with Gasteiger partial charge in [-0.15, -0.1) is 5.10 Å². The number of aromatic nitrogens is 2. The highest BCUT2D eigenvalue weighted by atomic mass is 19.1. The monoisotopic (exact) mass is 398 g/mol. The molecule has 3 aromatic rings. The lowest BCUT2D eigenvalue weighted by molar-refractivity contribution is 0.116. The van der Waals surface area contributed by atoms with E-state index in [2.05, 4.69) is 10.2 Å². The lowest BCUT2D eigenvalue weighted by Crippen LogP contribution is -2.39. The summed E-state index contributed by atoms with van der Waals surface area (Å²) in [5.41, 5.74) is 6.24. The number of benzene rings is 2. The minimum atomic E-state index is -0.691. The van der Waals surface area contributed by atoms with Crippen LogP contribution in [0.4, 0.5) is 19.3 Å². The maximum absolute atomic E-state index is 14.6. The van der Waals surface area contributed by atoms with Crippen molar-refractivity contribution < 1.29 is 23.0 Å². The Kier molecular flexibility index (Phi) is 4.71. The molecule has 1 amide bonds. The number of rotatable bonds is 4. The van der Waals surface area contributed by atoms with E-state index in [1.165, 1.54) is 41.4 Å². The summed E-state index contributed by atoms with van der Waals surface area (Å²) in [5, 5.41) is 7.39. The Balaban J connectivity index is 1.63. The summed E-state index contributed by atoms with van der Waals surface area (Å²) in [6.07, 6.45) is 0.765. The van der Waals surface area contributed by atoms with Crippen molar-refractivity contribution in [1.29, 1.82) is 0 Å². The van der Waals surface area contributed by atoms with Crippen molar-refractivity contribution in [2.45, 2.75) is 19.5 Å². The number of hydrogen-bond acceptors (Lipinski definition) is 6. The van der Waals surface area contributed by atoms with Gasteiger partial charge in [-0.3, -0.25) is 4.90 Å². The summed E-state index contributed by atoms with van der Waals surface area (Å²) < 4.78 is 39.6. The molecule has 0 bridgehead atoms. The number of carbonyl (C=O) groups is 1. The highest BCUT2D eigenvalue weighted by molar-refractivity contribution is 5.75. The number of amides is 1. The number of fused-ring (bicyclic) bond motifs is 1. The molecule has 2 aromatic carbocycles. The van der Waals surface area contributed by atoms with Crippen LogP contribution in [0.3, 0.4) is 0 Å². The Morgan fingerprint density at radius 2 is 2.07 bits per heavy atom. The topological polar surface area (TPSA) is 90.6 Å². The molecule has 1 aliphatic rings. The Hall–Kier alpha value is -3.75. The number of ether oxygens (including phenoxy) is 2. The number of nitrogens with zero attached hydrogens (tertiary/aromatic N) is 3. The zero-order valence-corrected chi connectivity index (χ0v) is 15.3. The highest BCUT2D eigenvalue weighted by Crippen LogP contribution is 2.40. The van der Waals surface area contributed by atoms with Crippen LogP contribution in [0.15, 0.2) is 48.7 Å². The summed E-state index contributed by atoms with van der Waals surface area (Å²) in [5.74, 6) is -1.15. The van der Waals surface area contributed by atoms with Gasteiger partial charge in [-0.25, -0.2) is 13.6 Å². The smallest absolute Gasteiger partial charge is 0.416 e. The predicted octanol–water partition coefficient (Wildman–Crippen LogP) is 4.20. The largest absolute Gasteiger partial charge is 0.434 e. The molecule has 1 unspecified atom stereocenters. The molecule has 9 heteroatoms. The molecule has 0 aliphatic carbocycles. The number of nitrogens with two attached hydrogens (primary N) is 1. The van der Waals surface area contributed by atoms with Crippen LogP contribution in [-0.4, -0.2) is 21.2 Å². The van der Waals surface area contributed by atoms with Crippen LogP contribution < -0.4 is 15.2 Å². The van der Waals surface area contributed by atoms with Crippen LogP contribution in [-0.2, 0) is 6.54 Å². The minimum absolute atomic E-state index is 0.0159. The van der Waals surface area contributed by atoms with Crippen LogP contribution in [0, 0.1) is 11.6 Å². The first kappa shape index (κ1) is 18.6. The molecule has 0 radical (unpaired) electrons. The van der Waals surface area contributed by atoms with Gasteiger partial charge in [0.05, 0.1) is 18.3 Å². The van der Waals surface area contributed by atoms with E-state index < -0.39 is 23.8 Å². The van der Waals surface area contributed by atoms with E-state index in [1.54, 1.807) is 19.1 Å². The third-order valence-corrected chi connectivity index (χ3v) is 4.63. The number of anilines is 1. The summed E-state index contributed by atoms with van der Waals surface area (Å²) in [4.78, 5) is 13.8. The molecule has 29 heavy (non-hydrogen) atoms. The van der Waals surface area contributed by atoms with Gasteiger partial charge in [-0.2, -0.15) is 5.10 Å². The van der Waals surface area contributed by atoms with Crippen molar-refractivity contribution in [1.82, 2.24) is 15.1 Å². The van der Waals surface area contributed by atoms with Gasteiger partial charge in [0, 0.05) is 29.5 Å². The van der Waals surface area contributed by atoms with E-state index >= 15 is 0 Å². The van der Waals surface area contributed by atoms with Gasteiger partial charge >= 0.3 is 6.09 Å². The van der Waals surface area contributed by atoms with Crippen LogP contribution in [0.25, 0.3) is 0 Å². The van der Waals surface area contributed by atoms with E-state index in [9.17, 15) is 13.6 Å². The fourth-order valence-corrected chi connectivity index (χ4v) is 3.08. The zero-order valence-electron chi connectivity index (χ0n) is 15.3. The first-order chi connectivity index (χ1) is 13.9. The summed E-state index contributed by atoms with van der Waals surface area (Å²) >= 11 is 0. The quantitative estimate of drug-likeness (QED) is 0.662. The van der Waals surface area contributed by atoms with Crippen molar-refractivity contribution in [3.63, 3.8) is 0 Å². The Labute approximate surface area is 164 Å². The Bertz CT molecular complexity index is 1080. The van der Waals surface area contributed by atoms with Gasteiger partial charge in [0.25, 0.3) is 0 Å². The molecular weight excluding hydrogens is 382 g/mol. The maximum atomic E-state index is 14.6. The summed E-state index contributed by atoms with van der Waals surface area (Å²) in [6, 6.07) is 9.60. The number of halogens is 2. The second-order valence-electron chi connectivity index (χ2n) is 6.48. The maximum Gasteiger partial charge on any atom is 0.416 e. The van der Waals surface area contributed by atoms with Crippen LogP contribution in [0.5, 0.6) is 17.4 Å². The summed E-state index contributed by atoms with van der Waals surface area (Å²) in [6.45, 7) is 1.63. The van der Waals surface area contributed by atoms with E-state index in [4.69, 9.17) is 15.2 Å². The fraction of sp³-hybridized carbons (Fsp3) is 0.150. The van der Waals surface area contributed by atoms with Gasteiger partial charge < -0.3 is 15.2 Å². The van der Waals surface area contributed by atoms with E-state index in [0.29, 0.717) is 5.56 Å². The predicted molar refractivity (Wildman–Crippen MR) is 99.3 cm³/mol. The molecule has 148 valence electrons. The Morgan fingerprint density at radius 3 is 2.83 bits per heavy atom. The highest BCUT2D eigenvalue weighted by Gasteiger charge is 2.33. The van der Waals surface area contributed by atoms with Gasteiger partial charge in [0.2, 0.25) is 5.88 Å². The molecule has 0 fully saturated rings. The normalized spacial score (nSPS) is 15.6. The fourth-order valence-electron chi connectivity index (χ4n) is 3.08. The molecule has 2 heterocycles. The molecule has 0 spiro atoms. The van der Waals surface area contributed by atoms with E-state index in [-0.39, 0.29) is 35.2 Å². The molecule has 7 nitrogen and oxygen atoms in total. The first-order valence-corrected chi connectivity index (χ1v) is 8.74. The van der Waals surface area contributed by atoms with Crippen molar-refractivity contribution >= 4 is 11.8 Å². The lowest BCUT2D eigenvalue weighted by atomic mass is 10.0. The van der Waals surface area contributed by atoms with Gasteiger partial charge in [0.1, 0.15) is 5.75 Å². The van der Waals surface area contributed by atoms with Gasteiger partial charge in [-0.05, 0) is 25.1 Å². The third kappa shape index (κ3) is 3.54. The molecule has 0 saturated heterocycles. The van der Waals surface area contributed by atoms with E-state index in [0.717, 1.165) is 0 Å². The molecule has 1 aromatic heterocycles. The van der Waals surface area contributed by atoms with Crippen LogP contribution >= 0.6 is 0 Å². The Morgan fingerprint density at radius 1 is 1.24 bits per heavy atom. The second kappa shape index (κ2) is 7.34. The minimum Gasteiger partial charge on any atom is -0.434 e. The van der Waals surface area contributed by atoms with Crippen molar-refractivity contribution in [2.24, 2.45) is 0 Å². The molecule has 1 atom stereocenters. The van der Waals surface area contributed by atoms with Crippen LogP contribution in [0.2, 0.25) is 0 Å². The molecule has 1 aliphatic heterocycles. The lowest BCUT2D eigenvalue weighted by Gasteiger charge is -2.34. The van der Waals surface area contributed by atoms with Crippen LogP contribution in [0.1, 0.15) is 24.1 Å². The SMILES string of the molecule is CC1c2cc(F)c(Oc3cccnn3)cc2OC(=O)N1Cc1cccc(N)c1F. The standard InChI is InChI=1S/C20H16F2N4O3/c1-11-13-8-14(21)17(28-18-6-3-7-24-25-18)9-16(13)29-20(27)26(11)10-12-4-2-5-15(23)19(12)22/h2-9,11H,10,23H2,1H3. The average Bonchev–Trinajstić information content (AvgIpc) is 2.70.